The highest BCUT2D eigenvalue weighted by atomic mass is 35.5. The standard InChI is InChI=1S/C19H14Cl2F3NO3S/c1-8(18(26)27)11-7-29-17-15(11)12(20)5-13(16(17)21)28-6-10-3-4-14(19(22,23)24)25-9(10)2/h3-5,7-8H,6H2,1-2H3,(H,26,27). The number of aromatic nitrogens is 1. The number of alkyl halides is 3. The molecule has 0 saturated carbocycles. The second-order valence-corrected chi connectivity index (χ2v) is 8.02. The smallest absolute Gasteiger partial charge is 0.433 e. The molecule has 3 aromatic rings. The van der Waals surface area contributed by atoms with Gasteiger partial charge >= 0.3 is 12.1 Å². The van der Waals surface area contributed by atoms with Crippen molar-refractivity contribution in [1.29, 1.82) is 0 Å². The van der Waals surface area contributed by atoms with Gasteiger partial charge in [0.2, 0.25) is 0 Å². The van der Waals surface area contributed by atoms with Gasteiger partial charge in [-0.25, -0.2) is 4.98 Å². The number of aryl methyl sites for hydroxylation is 1. The van der Waals surface area contributed by atoms with E-state index in [1.54, 1.807) is 12.3 Å². The Morgan fingerprint density at radius 1 is 1.34 bits per heavy atom. The van der Waals surface area contributed by atoms with Crippen LogP contribution in [0.5, 0.6) is 5.75 Å². The Morgan fingerprint density at radius 3 is 2.62 bits per heavy atom. The Labute approximate surface area is 177 Å². The maximum absolute atomic E-state index is 12.7. The molecule has 1 atom stereocenters. The van der Waals surface area contributed by atoms with Gasteiger partial charge in [-0.2, -0.15) is 13.2 Å². The van der Waals surface area contributed by atoms with E-state index in [1.165, 1.54) is 30.4 Å². The van der Waals surface area contributed by atoms with Crippen LogP contribution in [-0.2, 0) is 17.6 Å². The first kappa shape index (κ1) is 21.7. The van der Waals surface area contributed by atoms with Crippen molar-refractivity contribution in [1.82, 2.24) is 4.98 Å². The first-order valence-electron chi connectivity index (χ1n) is 8.29. The first-order valence-corrected chi connectivity index (χ1v) is 9.92. The minimum Gasteiger partial charge on any atom is -0.487 e. The first-order chi connectivity index (χ1) is 13.5. The topological polar surface area (TPSA) is 59.4 Å². The lowest BCUT2D eigenvalue weighted by atomic mass is 10.0. The van der Waals surface area contributed by atoms with Gasteiger partial charge in [0.15, 0.2) is 0 Å². The van der Waals surface area contributed by atoms with Crippen molar-refractivity contribution in [2.45, 2.75) is 32.5 Å². The maximum atomic E-state index is 12.7. The van der Waals surface area contributed by atoms with Crippen LogP contribution in [0.4, 0.5) is 13.2 Å². The van der Waals surface area contributed by atoms with E-state index in [2.05, 4.69) is 4.98 Å². The molecule has 10 heteroatoms. The summed E-state index contributed by atoms with van der Waals surface area (Å²) in [7, 11) is 0. The molecule has 1 N–H and O–H groups in total. The molecule has 0 bridgehead atoms. The minimum absolute atomic E-state index is 0.0533. The SMILES string of the molecule is Cc1nc(C(F)(F)F)ccc1COc1cc(Cl)c2c(C(C)C(=O)O)csc2c1Cl. The van der Waals surface area contributed by atoms with E-state index in [1.807, 2.05) is 0 Å². The predicted molar refractivity (Wildman–Crippen MR) is 106 cm³/mol. The van der Waals surface area contributed by atoms with Crippen LogP contribution in [0.1, 0.15) is 35.4 Å². The van der Waals surface area contributed by atoms with Gasteiger partial charge in [0.1, 0.15) is 23.1 Å². The number of carboxylic acid groups (broad SMARTS) is 1. The molecule has 0 radical (unpaired) electrons. The van der Waals surface area contributed by atoms with Crippen molar-refractivity contribution in [3.63, 3.8) is 0 Å². The monoisotopic (exact) mass is 463 g/mol. The quantitative estimate of drug-likeness (QED) is 0.457. The van der Waals surface area contributed by atoms with Crippen LogP contribution in [-0.4, -0.2) is 16.1 Å². The number of aliphatic carboxylic acids is 1. The minimum atomic E-state index is -4.52. The highest BCUT2D eigenvalue weighted by molar-refractivity contribution is 7.18. The summed E-state index contributed by atoms with van der Waals surface area (Å²) in [5, 5.41) is 12.0. The number of carboxylic acids is 1. The third-order valence-corrected chi connectivity index (χ3v) is 6.24. The molecule has 3 rings (SSSR count). The fourth-order valence-corrected chi connectivity index (χ4v) is 4.57. The van der Waals surface area contributed by atoms with Crippen molar-refractivity contribution >= 4 is 50.6 Å². The van der Waals surface area contributed by atoms with E-state index >= 15 is 0 Å². The number of nitrogens with zero attached hydrogens (tertiary/aromatic N) is 1. The number of carbonyl (C=O) groups is 1. The molecule has 0 saturated heterocycles. The van der Waals surface area contributed by atoms with Gasteiger partial charge in [-0.15, -0.1) is 11.3 Å². The van der Waals surface area contributed by atoms with Crippen LogP contribution in [0.2, 0.25) is 10.0 Å². The number of benzene rings is 1. The van der Waals surface area contributed by atoms with Gasteiger partial charge in [-0.1, -0.05) is 29.3 Å². The second kappa shape index (κ2) is 8.01. The Kier molecular flexibility index (Phi) is 5.98. The van der Waals surface area contributed by atoms with Crippen molar-refractivity contribution in [3.8, 4) is 5.75 Å². The Balaban J connectivity index is 1.90. The third-order valence-electron chi connectivity index (χ3n) is 4.44. The average Bonchev–Trinajstić information content (AvgIpc) is 3.08. The molecular formula is C19H14Cl2F3NO3S. The summed E-state index contributed by atoms with van der Waals surface area (Å²) in [5.74, 6) is -1.49. The van der Waals surface area contributed by atoms with Crippen LogP contribution >= 0.6 is 34.5 Å². The van der Waals surface area contributed by atoms with Crippen molar-refractivity contribution in [2.75, 3.05) is 0 Å². The largest absolute Gasteiger partial charge is 0.487 e. The Hall–Kier alpha value is -2.03. The molecule has 0 spiro atoms. The van der Waals surface area contributed by atoms with Gasteiger partial charge in [-0.05, 0) is 30.9 Å². The molecule has 1 unspecified atom stereocenters. The van der Waals surface area contributed by atoms with E-state index in [9.17, 15) is 23.1 Å². The summed E-state index contributed by atoms with van der Waals surface area (Å²) in [6, 6.07) is 3.67. The predicted octanol–water partition coefficient (Wildman–Crippen LogP) is 6.70. The molecule has 1 aromatic carbocycles. The molecule has 0 aliphatic rings. The van der Waals surface area contributed by atoms with E-state index in [0.717, 1.165) is 6.07 Å². The number of hydrogen-bond donors (Lipinski definition) is 1. The molecule has 29 heavy (non-hydrogen) atoms. The van der Waals surface area contributed by atoms with Crippen LogP contribution in [0.25, 0.3) is 10.1 Å². The lowest BCUT2D eigenvalue weighted by Crippen LogP contribution is -2.10. The van der Waals surface area contributed by atoms with Gasteiger partial charge < -0.3 is 9.84 Å². The molecular weight excluding hydrogens is 450 g/mol. The molecule has 0 aliphatic carbocycles. The third kappa shape index (κ3) is 4.29. The lowest BCUT2D eigenvalue weighted by Gasteiger charge is -2.13. The van der Waals surface area contributed by atoms with Gasteiger partial charge in [0.25, 0.3) is 0 Å². The summed E-state index contributed by atoms with van der Waals surface area (Å²) in [6.07, 6.45) is -4.52. The van der Waals surface area contributed by atoms with Crippen molar-refractivity contribution in [2.24, 2.45) is 0 Å². The number of fused-ring (bicyclic) bond motifs is 1. The van der Waals surface area contributed by atoms with Gasteiger partial charge in [-0.3, -0.25) is 4.79 Å². The summed E-state index contributed by atoms with van der Waals surface area (Å²) >= 11 is 14.0. The summed E-state index contributed by atoms with van der Waals surface area (Å²) < 4.78 is 44.5. The zero-order valence-corrected chi connectivity index (χ0v) is 17.4. The number of ether oxygens (including phenoxy) is 1. The zero-order chi connectivity index (χ0) is 21.5. The van der Waals surface area contributed by atoms with Crippen LogP contribution in [0.3, 0.4) is 0 Å². The molecule has 0 amide bonds. The number of rotatable bonds is 5. The fraction of sp³-hybridized carbons (Fsp3) is 0.263. The Bertz CT molecular complexity index is 1100. The second-order valence-electron chi connectivity index (χ2n) is 6.35. The van der Waals surface area contributed by atoms with E-state index in [-0.39, 0.29) is 28.1 Å². The van der Waals surface area contributed by atoms with E-state index < -0.39 is 23.8 Å². The molecule has 4 nitrogen and oxygen atoms in total. The van der Waals surface area contributed by atoms with E-state index in [0.29, 0.717) is 21.2 Å². The lowest BCUT2D eigenvalue weighted by molar-refractivity contribution is -0.141. The number of hydrogen-bond acceptors (Lipinski definition) is 4. The number of halogens is 5. The summed E-state index contributed by atoms with van der Waals surface area (Å²) in [4.78, 5) is 14.9. The molecule has 0 fully saturated rings. The zero-order valence-electron chi connectivity index (χ0n) is 15.1. The van der Waals surface area contributed by atoms with Gasteiger partial charge in [0.05, 0.1) is 15.6 Å². The highest BCUT2D eigenvalue weighted by Crippen LogP contribution is 2.45. The average molecular weight is 464 g/mol. The Morgan fingerprint density at radius 2 is 2.03 bits per heavy atom. The van der Waals surface area contributed by atoms with Crippen molar-refractivity contribution < 1.29 is 27.8 Å². The van der Waals surface area contributed by atoms with Gasteiger partial charge in [0, 0.05) is 22.7 Å². The molecule has 2 heterocycles. The maximum Gasteiger partial charge on any atom is 0.433 e. The summed E-state index contributed by atoms with van der Waals surface area (Å²) in [6.45, 7) is 2.96. The number of pyridine rings is 1. The number of thiophene rings is 1. The van der Waals surface area contributed by atoms with Crippen LogP contribution < -0.4 is 4.74 Å². The fourth-order valence-electron chi connectivity index (χ4n) is 2.75. The van der Waals surface area contributed by atoms with E-state index in [4.69, 9.17) is 27.9 Å². The van der Waals surface area contributed by atoms with Crippen molar-refractivity contribution in [3.05, 3.63) is 56.1 Å². The molecule has 154 valence electrons. The molecule has 2 aromatic heterocycles. The van der Waals surface area contributed by atoms with Crippen LogP contribution in [0, 0.1) is 6.92 Å². The molecule has 0 aliphatic heterocycles. The normalized spacial score (nSPS) is 12.9. The summed E-state index contributed by atoms with van der Waals surface area (Å²) in [5.41, 5.74) is 0.243. The highest BCUT2D eigenvalue weighted by Gasteiger charge is 2.32. The van der Waals surface area contributed by atoms with Crippen LogP contribution in [0.15, 0.2) is 23.6 Å².